The molecule has 0 fully saturated rings. The number of esters is 1. The van der Waals surface area contributed by atoms with Crippen LogP contribution in [0.5, 0.6) is 11.5 Å². The van der Waals surface area contributed by atoms with E-state index >= 15 is 4.39 Å². The Morgan fingerprint density at radius 1 is 0.848 bits per heavy atom. The van der Waals surface area contributed by atoms with Gasteiger partial charge in [0.25, 0.3) is 0 Å². The Morgan fingerprint density at radius 3 is 1.91 bits per heavy atom. The Kier molecular flexibility index (Phi) is 7.98. The SMILES string of the molecule is C=C(C)C(=O)Oc1c(COC)cc(-c2ccc(-c3ccc(OC)cc3)cc2F)cc1COC. The molecule has 0 aliphatic heterocycles. The van der Waals surface area contributed by atoms with Gasteiger partial charge in [-0.25, -0.2) is 9.18 Å². The third-order valence-electron chi connectivity index (χ3n) is 5.09. The Morgan fingerprint density at radius 2 is 1.42 bits per heavy atom. The molecule has 0 saturated heterocycles. The lowest BCUT2D eigenvalue weighted by Gasteiger charge is -2.17. The van der Waals surface area contributed by atoms with Gasteiger partial charge in [-0.15, -0.1) is 0 Å². The minimum Gasteiger partial charge on any atom is -0.497 e. The van der Waals surface area contributed by atoms with Gasteiger partial charge >= 0.3 is 5.97 Å². The van der Waals surface area contributed by atoms with E-state index in [1.54, 1.807) is 32.2 Å². The summed E-state index contributed by atoms with van der Waals surface area (Å²) < 4.78 is 36.6. The van der Waals surface area contributed by atoms with Crippen LogP contribution in [-0.4, -0.2) is 27.3 Å². The van der Waals surface area contributed by atoms with Crippen LogP contribution < -0.4 is 9.47 Å². The molecule has 0 spiro atoms. The van der Waals surface area contributed by atoms with Crippen molar-refractivity contribution in [3.63, 3.8) is 0 Å². The zero-order valence-electron chi connectivity index (χ0n) is 19.2. The number of benzene rings is 3. The van der Waals surface area contributed by atoms with E-state index in [1.807, 2.05) is 30.3 Å². The molecule has 3 aromatic rings. The minimum absolute atomic E-state index is 0.176. The van der Waals surface area contributed by atoms with Crippen LogP contribution in [0.2, 0.25) is 0 Å². The van der Waals surface area contributed by atoms with Crippen LogP contribution in [0.3, 0.4) is 0 Å². The fourth-order valence-corrected chi connectivity index (χ4v) is 3.46. The van der Waals surface area contributed by atoms with Crippen molar-refractivity contribution in [3.8, 4) is 33.8 Å². The molecule has 0 aromatic heterocycles. The van der Waals surface area contributed by atoms with Crippen molar-refractivity contribution in [2.75, 3.05) is 21.3 Å². The highest BCUT2D eigenvalue weighted by atomic mass is 19.1. The van der Waals surface area contributed by atoms with Crippen LogP contribution in [0.4, 0.5) is 4.39 Å². The molecule has 33 heavy (non-hydrogen) atoms. The normalized spacial score (nSPS) is 10.7. The van der Waals surface area contributed by atoms with Crippen molar-refractivity contribution < 1.29 is 28.1 Å². The van der Waals surface area contributed by atoms with Crippen molar-refractivity contribution >= 4 is 5.97 Å². The number of ether oxygens (including phenoxy) is 4. The molecule has 3 rings (SSSR count). The molecule has 3 aromatic carbocycles. The van der Waals surface area contributed by atoms with E-state index in [4.69, 9.17) is 18.9 Å². The van der Waals surface area contributed by atoms with Crippen LogP contribution in [-0.2, 0) is 27.5 Å². The van der Waals surface area contributed by atoms with E-state index in [-0.39, 0.29) is 24.6 Å². The first-order valence-electron chi connectivity index (χ1n) is 10.3. The molecule has 5 nitrogen and oxygen atoms in total. The summed E-state index contributed by atoms with van der Waals surface area (Å²) in [6.07, 6.45) is 0. The third kappa shape index (κ3) is 5.66. The first kappa shape index (κ1) is 24.2. The molecule has 0 atom stereocenters. The lowest BCUT2D eigenvalue weighted by molar-refractivity contribution is -0.130. The molecule has 0 heterocycles. The van der Waals surface area contributed by atoms with Gasteiger partial charge < -0.3 is 18.9 Å². The average molecular weight is 451 g/mol. The predicted molar refractivity (Wildman–Crippen MR) is 126 cm³/mol. The molecule has 0 bridgehead atoms. The molecule has 0 aliphatic rings. The van der Waals surface area contributed by atoms with Crippen molar-refractivity contribution in [3.05, 3.63) is 83.7 Å². The van der Waals surface area contributed by atoms with E-state index in [0.717, 1.165) is 16.9 Å². The maximum Gasteiger partial charge on any atom is 0.338 e. The fourth-order valence-electron chi connectivity index (χ4n) is 3.46. The molecular weight excluding hydrogens is 423 g/mol. The monoisotopic (exact) mass is 450 g/mol. The molecule has 172 valence electrons. The highest BCUT2D eigenvalue weighted by molar-refractivity contribution is 5.89. The van der Waals surface area contributed by atoms with Gasteiger partial charge in [-0.3, -0.25) is 0 Å². The summed E-state index contributed by atoms with van der Waals surface area (Å²) in [6.45, 7) is 5.55. The minimum atomic E-state index is -0.549. The smallest absolute Gasteiger partial charge is 0.338 e. The van der Waals surface area contributed by atoms with E-state index in [1.165, 1.54) is 20.3 Å². The summed E-state index contributed by atoms with van der Waals surface area (Å²) in [6, 6.07) is 16.0. The summed E-state index contributed by atoms with van der Waals surface area (Å²) >= 11 is 0. The molecule has 6 heteroatoms. The van der Waals surface area contributed by atoms with Crippen molar-refractivity contribution in [1.29, 1.82) is 0 Å². The van der Waals surface area contributed by atoms with Crippen LogP contribution in [0.25, 0.3) is 22.3 Å². The summed E-state index contributed by atoms with van der Waals surface area (Å²) in [5.41, 5.74) is 4.16. The standard InChI is InChI=1S/C27H27FO5/c1-17(2)27(29)33-26-21(15-30-3)12-20(13-22(26)16-31-4)24-11-8-19(14-25(24)28)18-6-9-23(32-5)10-7-18/h6-14H,1,15-16H2,2-5H3. The lowest BCUT2D eigenvalue weighted by Crippen LogP contribution is -2.12. The van der Waals surface area contributed by atoms with Crippen LogP contribution in [0, 0.1) is 5.82 Å². The number of carbonyl (C=O) groups is 1. The third-order valence-corrected chi connectivity index (χ3v) is 5.09. The Balaban J connectivity index is 2.05. The number of methoxy groups -OCH3 is 3. The van der Waals surface area contributed by atoms with Crippen LogP contribution >= 0.6 is 0 Å². The van der Waals surface area contributed by atoms with Crippen molar-refractivity contribution in [2.24, 2.45) is 0 Å². The van der Waals surface area contributed by atoms with Gasteiger partial charge in [0.05, 0.1) is 20.3 Å². The van der Waals surface area contributed by atoms with Gasteiger partial charge in [-0.2, -0.15) is 0 Å². The largest absolute Gasteiger partial charge is 0.497 e. The second-order valence-corrected chi connectivity index (χ2v) is 7.58. The summed E-state index contributed by atoms with van der Waals surface area (Å²) in [4.78, 5) is 12.2. The molecule has 0 amide bonds. The van der Waals surface area contributed by atoms with Crippen LogP contribution in [0.1, 0.15) is 18.1 Å². The van der Waals surface area contributed by atoms with Crippen molar-refractivity contribution in [1.82, 2.24) is 0 Å². The average Bonchev–Trinajstić information content (AvgIpc) is 2.81. The number of rotatable bonds is 9. The van der Waals surface area contributed by atoms with E-state index in [9.17, 15) is 4.79 Å². The first-order valence-corrected chi connectivity index (χ1v) is 10.3. The Hall–Kier alpha value is -3.48. The number of hydrogen-bond donors (Lipinski definition) is 0. The molecular formula is C27H27FO5. The predicted octanol–water partition coefficient (Wildman–Crippen LogP) is 5.94. The van der Waals surface area contributed by atoms with Gasteiger partial charge in [0.2, 0.25) is 0 Å². The molecule has 0 unspecified atom stereocenters. The summed E-state index contributed by atoms with van der Waals surface area (Å²) in [7, 11) is 4.68. The zero-order valence-corrected chi connectivity index (χ0v) is 19.2. The van der Waals surface area contributed by atoms with Gasteiger partial charge in [0.15, 0.2) is 0 Å². The number of carbonyl (C=O) groups excluding carboxylic acids is 1. The Bertz CT molecular complexity index is 1120. The number of halogens is 1. The quantitative estimate of drug-likeness (QED) is 0.229. The van der Waals surface area contributed by atoms with Gasteiger partial charge in [0.1, 0.15) is 17.3 Å². The molecule has 0 saturated carbocycles. The molecule has 0 aliphatic carbocycles. The topological polar surface area (TPSA) is 54.0 Å². The highest BCUT2D eigenvalue weighted by Crippen LogP contribution is 2.35. The highest BCUT2D eigenvalue weighted by Gasteiger charge is 2.19. The molecule has 0 radical (unpaired) electrons. The van der Waals surface area contributed by atoms with Gasteiger partial charge in [-0.1, -0.05) is 30.8 Å². The van der Waals surface area contributed by atoms with Crippen molar-refractivity contribution in [2.45, 2.75) is 20.1 Å². The van der Waals surface area contributed by atoms with E-state index in [2.05, 4.69) is 6.58 Å². The van der Waals surface area contributed by atoms with Gasteiger partial charge in [-0.05, 0) is 53.9 Å². The van der Waals surface area contributed by atoms with E-state index in [0.29, 0.717) is 28.0 Å². The first-order chi connectivity index (χ1) is 15.9. The summed E-state index contributed by atoms with van der Waals surface area (Å²) in [5, 5.41) is 0. The summed E-state index contributed by atoms with van der Waals surface area (Å²) in [5.74, 6) is 0.152. The van der Waals surface area contributed by atoms with Gasteiger partial charge in [0, 0.05) is 36.5 Å². The zero-order chi connectivity index (χ0) is 24.0. The van der Waals surface area contributed by atoms with Crippen LogP contribution in [0.15, 0.2) is 66.7 Å². The second-order valence-electron chi connectivity index (χ2n) is 7.58. The fraction of sp³-hybridized carbons (Fsp3) is 0.222. The van der Waals surface area contributed by atoms with E-state index < -0.39 is 5.97 Å². The molecule has 0 N–H and O–H groups in total. The Labute approximate surface area is 193 Å². The maximum absolute atomic E-state index is 15.2. The lowest BCUT2D eigenvalue weighted by atomic mass is 9.96. The maximum atomic E-state index is 15.2. The second kappa shape index (κ2) is 10.9. The number of hydrogen-bond acceptors (Lipinski definition) is 5.